The van der Waals surface area contributed by atoms with Crippen molar-refractivity contribution in [3.05, 3.63) is 59.7 Å². The van der Waals surface area contributed by atoms with Crippen molar-refractivity contribution < 1.29 is 14.6 Å². The van der Waals surface area contributed by atoms with E-state index < -0.39 is 0 Å². The third-order valence-electron chi connectivity index (χ3n) is 3.47. The van der Waals surface area contributed by atoms with Crippen LogP contribution in [-0.4, -0.2) is 17.6 Å². The fraction of sp³-hybridized carbons (Fsp3) is 0.316. The fourth-order valence-electron chi connectivity index (χ4n) is 2.25. The summed E-state index contributed by atoms with van der Waals surface area (Å²) in [5.74, 6) is 0.510. The van der Waals surface area contributed by atoms with E-state index in [9.17, 15) is 4.79 Å². The first-order chi connectivity index (χ1) is 10.9. The minimum absolute atomic E-state index is 0.0130. The lowest BCUT2D eigenvalue weighted by atomic mass is 9.86. The highest BCUT2D eigenvalue weighted by Crippen LogP contribution is 2.30. The van der Waals surface area contributed by atoms with Gasteiger partial charge in [0.1, 0.15) is 5.75 Å². The standard InChI is InChI=1S/C19H23NO3/c1-19(2,3)16-6-4-5-7-17(16)23-13-18(22)20-15-10-8-14(12-21)9-11-15/h4-11,21H,12-13H2,1-3H3,(H,20,22). The molecule has 0 fully saturated rings. The molecule has 2 aromatic carbocycles. The summed E-state index contributed by atoms with van der Waals surface area (Å²) in [7, 11) is 0. The van der Waals surface area contributed by atoms with E-state index in [4.69, 9.17) is 9.84 Å². The van der Waals surface area contributed by atoms with Crippen LogP contribution in [-0.2, 0) is 16.8 Å². The molecular formula is C19H23NO3. The van der Waals surface area contributed by atoms with E-state index in [1.165, 1.54) is 0 Å². The first-order valence-corrected chi connectivity index (χ1v) is 7.62. The van der Waals surface area contributed by atoms with E-state index in [2.05, 4.69) is 26.1 Å². The largest absolute Gasteiger partial charge is 0.483 e. The fourth-order valence-corrected chi connectivity index (χ4v) is 2.25. The highest BCUT2D eigenvalue weighted by Gasteiger charge is 2.18. The number of hydrogen-bond acceptors (Lipinski definition) is 3. The van der Waals surface area contributed by atoms with Crippen molar-refractivity contribution in [3.8, 4) is 5.75 Å². The second-order valence-corrected chi connectivity index (χ2v) is 6.44. The van der Waals surface area contributed by atoms with Gasteiger partial charge < -0.3 is 15.2 Å². The summed E-state index contributed by atoms with van der Waals surface area (Å²) in [6.45, 7) is 6.27. The number of ether oxygens (including phenoxy) is 1. The Labute approximate surface area is 137 Å². The van der Waals surface area contributed by atoms with Crippen molar-refractivity contribution in [2.75, 3.05) is 11.9 Å². The normalized spacial score (nSPS) is 11.1. The summed E-state index contributed by atoms with van der Waals surface area (Å²) < 4.78 is 5.69. The van der Waals surface area contributed by atoms with Crippen molar-refractivity contribution in [2.45, 2.75) is 32.8 Å². The zero-order valence-corrected chi connectivity index (χ0v) is 13.8. The van der Waals surface area contributed by atoms with Gasteiger partial charge in [-0.15, -0.1) is 0 Å². The van der Waals surface area contributed by atoms with Gasteiger partial charge >= 0.3 is 0 Å². The molecule has 1 amide bonds. The molecule has 0 bridgehead atoms. The molecule has 2 N–H and O–H groups in total. The lowest BCUT2D eigenvalue weighted by Gasteiger charge is -2.22. The van der Waals surface area contributed by atoms with Gasteiger partial charge in [-0.25, -0.2) is 0 Å². The summed E-state index contributed by atoms with van der Waals surface area (Å²) in [6.07, 6.45) is 0. The molecule has 4 heteroatoms. The maximum atomic E-state index is 12.0. The molecular weight excluding hydrogens is 290 g/mol. The summed E-state index contributed by atoms with van der Waals surface area (Å²) >= 11 is 0. The first-order valence-electron chi connectivity index (χ1n) is 7.62. The monoisotopic (exact) mass is 313 g/mol. The lowest BCUT2D eigenvalue weighted by Crippen LogP contribution is -2.21. The van der Waals surface area contributed by atoms with Crippen LogP contribution >= 0.6 is 0 Å². The van der Waals surface area contributed by atoms with E-state index in [-0.39, 0.29) is 24.5 Å². The number of carbonyl (C=O) groups is 1. The Kier molecular flexibility index (Phi) is 5.40. The zero-order valence-electron chi connectivity index (χ0n) is 13.8. The maximum Gasteiger partial charge on any atom is 0.262 e. The average Bonchev–Trinajstić information content (AvgIpc) is 2.53. The van der Waals surface area contributed by atoms with Gasteiger partial charge in [-0.1, -0.05) is 51.1 Å². The first kappa shape index (κ1) is 17.0. The van der Waals surface area contributed by atoms with Gasteiger partial charge in [0.05, 0.1) is 6.61 Å². The molecule has 0 aliphatic rings. The van der Waals surface area contributed by atoms with E-state index in [0.717, 1.165) is 16.9 Å². The van der Waals surface area contributed by atoms with Crippen molar-refractivity contribution in [1.82, 2.24) is 0 Å². The molecule has 122 valence electrons. The Morgan fingerprint density at radius 3 is 2.35 bits per heavy atom. The average molecular weight is 313 g/mol. The van der Waals surface area contributed by atoms with Gasteiger partial charge in [0, 0.05) is 5.69 Å². The van der Waals surface area contributed by atoms with Crippen LogP contribution in [0.1, 0.15) is 31.9 Å². The number of rotatable bonds is 5. The number of amides is 1. The molecule has 0 unspecified atom stereocenters. The predicted octanol–water partition coefficient (Wildman–Crippen LogP) is 3.49. The lowest BCUT2D eigenvalue weighted by molar-refractivity contribution is -0.118. The van der Waals surface area contributed by atoms with Crippen molar-refractivity contribution in [2.24, 2.45) is 0 Å². The van der Waals surface area contributed by atoms with Crippen LogP contribution in [0, 0.1) is 0 Å². The van der Waals surface area contributed by atoms with Gasteiger partial charge in [-0.05, 0) is 34.7 Å². The molecule has 0 spiro atoms. The molecule has 2 rings (SSSR count). The molecule has 4 nitrogen and oxygen atoms in total. The van der Waals surface area contributed by atoms with Crippen LogP contribution in [0.25, 0.3) is 0 Å². The second kappa shape index (κ2) is 7.29. The topological polar surface area (TPSA) is 58.6 Å². The molecule has 0 atom stereocenters. The number of carbonyl (C=O) groups excluding carboxylic acids is 1. The maximum absolute atomic E-state index is 12.0. The Morgan fingerprint density at radius 2 is 1.74 bits per heavy atom. The third-order valence-corrected chi connectivity index (χ3v) is 3.47. The molecule has 0 saturated heterocycles. The number of nitrogens with one attached hydrogen (secondary N) is 1. The second-order valence-electron chi connectivity index (χ2n) is 6.44. The highest BCUT2D eigenvalue weighted by molar-refractivity contribution is 5.91. The smallest absolute Gasteiger partial charge is 0.262 e. The van der Waals surface area contributed by atoms with Gasteiger partial charge in [-0.3, -0.25) is 4.79 Å². The number of aliphatic hydroxyl groups excluding tert-OH is 1. The molecule has 2 aromatic rings. The van der Waals surface area contributed by atoms with Crippen LogP contribution in [0.2, 0.25) is 0 Å². The molecule has 0 heterocycles. The van der Waals surface area contributed by atoms with Crippen LogP contribution in [0.4, 0.5) is 5.69 Å². The molecule has 0 saturated carbocycles. The number of hydrogen-bond donors (Lipinski definition) is 2. The Bertz CT molecular complexity index is 657. The molecule has 23 heavy (non-hydrogen) atoms. The highest BCUT2D eigenvalue weighted by atomic mass is 16.5. The summed E-state index contributed by atoms with van der Waals surface area (Å²) in [4.78, 5) is 12.0. The zero-order chi connectivity index (χ0) is 16.9. The Hall–Kier alpha value is -2.33. The minimum atomic E-state index is -0.217. The van der Waals surface area contributed by atoms with E-state index in [1.807, 2.05) is 24.3 Å². The van der Waals surface area contributed by atoms with Gasteiger partial charge in [0.25, 0.3) is 5.91 Å². The van der Waals surface area contributed by atoms with Crippen LogP contribution in [0.15, 0.2) is 48.5 Å². The van der Waals surface area contributed by atoms with Crippen LogP contribution in [0.3, 0.4) is 0 Å². The summed E-state index contributed by atoms with van der Waals surface area (Å²) in [5.41, 5.74) is 2.51. The van der Waals surface area contributed by atoms with Gasteiger partial charge in [0.2, 0.25) is 0 Å². The molecule has 0 aromatic heterocycles. The molecule has 0 aliphatic heterocycles. The Morgan fingerprint density at radius 1 is 1.09 bits per heavy atom. The number of anilines is 1. The van der Waals surface area contributed by atoms with E-state index >= 15 is 0 Å². The van der Waals surface area contributed by atoms with E-state index in [0.29, 0.717) is 5.69 Å². The van der Waals surface area contributed by atoms with Crippen molar-refractivity contribution in [1.29, 1.82) is 0 Å². The van der Waals surface area contributed by atoms with Crippen molar-refractivity contribution >= 4 is 11.6 Å². The van der Waals surface area contributed by atoms with Crippen LogP contribution < -0.4 is 10.1 Å². The van der Waals surface area contributed by atoms with Crippen molar-refractivity contribution in [3.63, 3.8) is 0 Å². The van der Waals surface area contributed by atoms with Gasteiger partial charge in [-0.2, -0.15) is 0 Å². The number of aliphatic hydroxyl groups is 1. The SMILES string of the molecule is CC(C)(C)c1ccccc1OCC(=O)Nc1ccc(CO)cc1. The predicted molar refractivity (Wildman–Crippen MR) is 91.6 cm³/mol. The molecule has 0 radical (unpaired) electrons. The molecule has 0 aliphatic carbocycles. The van der Waals surface area contributed by atoms with Crippen LogP contribution in [0.5, 0.6) is 5.75 Å². The summed E-state index contributed by atoms with van der Waals surface area (Å²) in [6, 6.07) is 14.8. The quantitative estimate of drug-likeness (QED) is 0.888. The van der Waals surface area contributed by atoms with E-state index in [1.54, 1.807) is 24.3 Å². The summed E-state index contributed by atoms with van der Waals surface area (Å²) in [5, 5.41) is 11.8. The van der Waals surface area contributed by atoms with Gasteiger partial charge in [0.15, 0.2) is 6.61 Å². The minimum Gasteiger partial charge on any atom is -0.483 e. The number of para-hydroxylation sites is 1. The third kappa shape index (κ3) is 4.83. The number of benzene rings is 2. The Balaban J connectivity index is 1.97.